The molecule has 0 saturated heterocycles. The maximum Gasteiger partial charge on any atom is 0.227 e. The molecule has 0 fully saturated rings. The highest BCUT2D eigenvalue weighted by molar-refractivity contribution is 5.79. The van der Waals surface area contributed by atoms with Crippen molar-refractivity contribution in [3.05, 3.63) is 58.7 Å². The zero-order valence-electron chi connectivity index (χ0n) is 17.5. The number of fused-ring (bicyclic) bond motifs is 1. The first-order valence-electron chi connectivity index (χ1n) is 9.67. The smallest absolute Gasteiger partial charge is 0.227 e. The molecule has 0 aromatic heterocycles. The molecule has 1 atom stereocenters. The second-order valence-electron chi connectivity index (χ2n) is 7.84. The van der Waals surface area contributed by atoms with Crippen LogP contribution in [0.3, 0.4) is 0 Å². The lowest BCUT2D eigenvalue weighted by molar-refractivity contribution is -0.134. The predicted molar refractivity (Wildman–Crippen MR) is 111 cm³/mol. The minimum Gasteiger partial charge on any atom is -0.496 e. The van der Waals surface area contributed by atoms with Crippen molar-refractivity contribution in [3.8, 4) is 11.5 Å². The van der Waals surface area contributed by atoms with Gasteiger partial charge in [0.05, 0.1) is 19.6 Å². The summed E-state index contributed by atoms with van der Waals surface area (Å²) in [6, 6.07) is 12.1. The Bertz CT molecular complexity index is 848. The highest BCUT2D eigenvalue weighted by Crippen LogP contribution is 2.27. The van der Waals surface area contributed by atoms with Gasteiger partial charge in [-0.05, 0) is 51.2 Å². The van der Waals surface area contributed by atoms with E-state index >= 15 is 0 Å². The Morgan fingerprint density at radius 3 is 2.68 bits per heavy atom. The standard InChI is InChI=1S/C23H30N2O3/c1-16-6-8-22-19(10-16)13-25(20(15-28-22)14-24(3)4)23(26)12-18-7-9-21(27-5)17(2)11-18/h6-11,20H,12-15H2,1-5H3. The van der Waals surface area contributed by atoms with Gasteiger partial charge in [0.1, 0.15) is 18.1 Å². The Balaban J connectivity index is 1.85. The van der Waals surface area contributed by atoms with Crippen molar-refractivity contribution in [2.75, 3.05) is 34.4 Å². The fourth-order valence-electron chi connectivity index (χ4n) is 3.75. The summed E-state index contributed by atoms with van der Waals surface area (Å²) < 4.78 is 11.4. The lowest BCUT2D eigenvalue weighted by Gasteiger charge is -2.31. The summed E-state index contributed by atoms with van der Waals surface area (Å²) in [4.78, 5) is 17.4. The lowest BCUT2D eigenvalue weighted by Crippen LogP contribution is -2.47. The van der Waals surface area contributed by atoms with E-state index in [1.165, 1.54) is 5.56 Å². The number of benzene rings is 2. The van der Waals surface area contributed by atoms with Gasteiger partial charge in [-0.2, -0.15) is 0 Å². The summed E-state index contributed by atoms with van der Waals surface area (Å²) >= 11 is 0. The van der Waals surface area contributed by atoms with E-state index in [9.17, 15) is 4.79 Å². The molecule has 0 N–H and O–H groups in total. The van der Waals surface area contributed by atoms with Crippen LogP contribution in [0, 0.1) is 13.8 Å². The monoisotopic (exact) mass is 382 g/mol. The van der Waals surface area contributed by atoms with Gasteiger partial charge in [-0.1, -0.05) is 29.8 Å². The quantitative estimate of drug-likeness (QED) is 0.796. The molecule has 0 radical (unpaired) electrons. The number of methoxy groups -OCH3 is 1. The van der Waals surface area contributed by atoms with Crippen molar-refractivity contribution in [1.29, 1.82) is 0 Å². The Kier molecular flexibility index (Phi) is 6.25. The van der Waals surface area contributed by atoms with Gasteiger partial charge in [-0.15, -0.1) is 0 Å². The van der Waals surface area contributed by atoms with Gasteiger partial charge >= 0.3 is 0 Å². The minimum atomic E-state index is 0.00884. The predicted octanol–water partition coefficient (Wildman–Crippen LogP) is 3.21. The number of rotatable bonds is 5. The van der Waals surface area contributed by atoms with Gasteiger partial charge < -0.3 is 19.3 Å². The van der Waals surface area contributed by atoms with Crippen molar-refractivity contribution in [2.24, 2.45) is 0 Å². The van der Waals surface area contributed by atoms with Crippen molar-refractivity contribution in [2.45, 2.75) is 32.9 Å². The number of carbonyl (C=O) groups is 1. The molecule has 0 aliphatic carbocycles. The van der Waals surface area contributed by atoms with Crippen molar-refractivity contribution in [1.82, 2.24) is 9.80 Å². The van der Waals surface area contributed by atoms with Crippen LogP contribution < -0.4 is 9.47 Å². The molecule has 2 aromatic carbocycles. The van der Waals surface area contributed by atoms with Crippen molar-refractivity contribution >= 4 is 5.91 Å². The van der Waals surface area contributed by atoms with Crippen molar-refractivity contribution < 1.29 is 14.3 Å². The number of nitrogens with zero attached hydrogens (tertiary/aromatic N) is 2. The summed E-state index contributed by atoms with van der Waals surface area (Å²) in [5, 5.41) is 0. The molecule has 150 valence electrons. The van der Waals surface area contributed by atoms with Crippen LogP contribution in [0.5, 0.6) is 11.5 Å². The van der Waals surface area contributed by atoms with Gasteiger partial charge in [-0.25, -0.2) is 0 Å². The van der Waals surface area contributed by atoms with Gasteiger partial charge in [0, 0.05) is 18.7 Å². The number of hydrogen-bond acceptors (Lipinski definition) is 4. The maximum atomic E-state index is 13.3. The van der Waals surface area contributed by atoms with Crippen LogP contribution in [-0.4, -0.2) is 56.1 Å². The number of carbonyl (C=O) groups excluding carboxylic acids is 1. The van der Waals surface area contributed by atoms with Gasteiger partial charge in [0.25, 0.3) is 0 Å². The van der Waals surface area contributed by atoms with Crippen LogP contribution >= 0.6 is 0 Å². The van der Waals surface area contributed by atoms with Gasteiger partial charge in [0.2, 0.25) is 5.91 Å². The molecule has 1 amide bonds. The summed E-state index contributed by atoms with van der Waals surface area (Å²) in [5.41, 5.74) is 4.28. The maximum absolute atomic E-state index is 13.3. The average molecular weight is 383 g/mol. The zero-order valence-corrected chi connectivity index (χ0v) is 17.5. The highest BCUT2D eigenvalue weighted by atomic mass is 16.5. The number of ether oxygens (including phenoxy) is 2. The third-order valence-corrected chi connectivity index (χ3v) is 5.14. The molecule has 1 heterocycles. The van der Waals surface area contributed by atoms with Crippen LogP contribution in [-0.2, 0) is 17.8 Å². The molecule has 5 nitrogen and oxygen atoms in total. The first-order valence-corrected chi connectivity index (χ1v) is 9.67. The summed E-state index contributed by atoms with van der Waals surface area (Å²) in [6.45, 7) is 5.90. The minimum absolute atomic E-state index is 0.00884. The van der Waals surface area contributed by atoms with Gasteiger partial charge in [-0.3, -0.25) is 4.79 Å². The molecule has 0 spiro atoms. The third kappa shape index (κ3) is 4.65. The molecule has 0 bridgehead atoms. The van der Waals surface area contributed by atoms with Crippen LogP contribution in [0.2, 0.25) is 0 Å². The van der Waals surface area contributed by atoms with E-state index < -0.39 is 0 Å². The topological polar surface area (TPSA) is 42.0 Å². The van der Waals surface area contributed by atoms with E-state index in [0.717, 1.165) is 34.7 Å². The zero-order chi connectivity index (χ0) is 20.3. The second-order valence-corrected chi connectivity index (χ2v) is 7.84. The molecule has 2 aromatic rings. The van der Waals surface area contributed by atoms with Gasteiger partial charge in [0.15, 0.2) is 0 Å². The molecule has 0 saturated carbocycles. The highest BCUT2D eigenvalue weighted by Gasteiger charge is 2.29. The van der Waals surface area contributed by atoms with Crippen LogP contribution in [0.1, 0.15) is 22.3 Å². The van der Waals surface area contributed by atoms with E-state index in [1.807, 2.05) is 50.2 Å². The van der Waals surface area contributed by atoms with Crippen LogP contribution in [0.15, 0.2) is 36.4 Å². The first kappa shape index (κ1) is 20.2. The van der Waals surface area contributed by atoms with E-state index in [-0.39, 0.29) is 11.9 Å². The third-order valence-electron chi connectivity index (χ3n) is 5.14. The molecule has 1 unspecified atom stereocenters. The average Bonchev–Trinajstić information content (AvgIpc) is 2.81. The Hall–Kier alpha value is -2.53. The molecule has 3 rings (SSSR count). The van der Waals surface area contributed by atoms with Crippen molar-refractivity contribution in [3.63, 3.8) is 0 Å². The molecular weight excluding hydrogens is 352 g/mol. The van der Waals surface area contributed by atoms with Crippen LogP contribution in [0.25, 0.3) is 0 Å². The summed E-state index contributed by atoms with van der Waals surface area (Å²) in [7, 11) is 5.71. The lowest BCUT2D eigenvalue weighted by atomic mass is 10.1. The summed E-state index contributed by atoms with van der Waals surface area (Å²) in [6.07, 6.45) is 0.371. The molecule has 1 aliphatic rings. The SMILES string of the molecule is COc1ccc(CC(=O)N2Cc3cc(C)ccc3OCC2CN(C)C)cc1C. The Morgan fingerprint density at radius 2 is 2.00 bits per heavy atom. The fraction of sp³-hybridized carbons (Fsp3) is 0.435. The first-order chi connectivity index (χ1) is 13.4. The number of hydrogen-bond donors (Lipinski definition) is 0. The number of likely N-dealkylation sites (N-methyl/N-ethyl adjacent to an activating group) is 1. The largest absolute Gasteiger partial charge is 0.496 e. The molecule has 5 heteroatoms. The summed E-state index contributed by atoms with van der Waals surface area (Å²) in [5.74, 6) is 1.84. The fourth-order valence-corrected chi connectivity index (χ4v) is 3.75. The van der Waals surface area contributed by atoms with E-state index in [1.54, 1.807) is 7.11 Å². The number of aryl methyl sites for hydroxylation is 2. The molecule has 1 aliphatic heterocycles. The second kappa shape index (κ2) is 8.65. The Labute approximate surface area is 167 Å². The van der Waals surface area contributed by atoms with E-state index in [0.29, 0.717) is 19.6 Å². The Morgan fingerprint density at radius 1 is 1.21 bits per heavy atom. The number of amides is 1. The van der Waals surface area contributed by atoms with E-state index in [2.05, 4.69) is 24.0 Å². The normalized spacial score (nSPS) is 16.4. The van der Waals surface area contributed by atoms with Crippen LogP contribution in [0.4, 0.5) is 0 Å². The molecule has 28 heavy (non-hydrogen) atoms. The molecular formula is C23H30N2O3. The van der Waals surface area contributed by atoms with E-state index in [4.69, 9.17) is 9.47 Å².